The maximum absolute atomic E-state index is 12.8. The highest BCUT2D eigenvalue weighted by atomic mass is 16.6. The fraction of sp³-hybridized carbons (Fsp3) is 0.833. The summed E-state index contributed by atoms with van der Waals surface area (Å²) in [6.45, 7) is 6.59. The third-order valence-electron chi connectivity index (χ3n) is 14.0. The van der Waals surface area contributed by atoms with Crippen LogP contribution in [0.15, 0.2) is 48.6 Å². The first kappa shape index (κ1) is 69.4. The first-order valence-corrected chi connectivity index (χ1v) is 31.6. The number of carbonyl (C=O) groups is 3. The standard InChI is InChI=1S/C66H120O6/c1-4-7-10-13-16-19-22-25-26-27-28-29-30-31-32-33-34-35-36-37-38-39-40-42-44-47-50-53-56-59-65(68)71-62-63(61-70-64(67)58-55-52-49-46-43-24-21-18-15-12-9-6-3)72-66(69)60-57-54-51-48-45-41-23-20-17-14-11-8-5-2/h11,14,20,22-23,25,27-28,63H,4-10,12-13,15-19,21,24,26,29-62H2,1-3H3/b14-11-,23-20-,25-22-,28-27-. The number of hydrogen-bond donors (Lipinski definition) is 0. The van der Waals surface area contributed by atoms with E-state index in [1.807, 2.05) is 0 Å². The fourth-order valence-corrected chi connectivity index (χ4v) is 9.28. The minimum atomic E-state index is -0.777. The molecule has 0 aliphatic heterocycles. The monoisotopic (exact) mass is 1010 g/mol. The molecule has 0 bridgehead atoms. The number of hydrogen-bond acceptors (Lipinski definition) is 6. The highest BCUT2D eigenvalue weighted by molar-refractivity contribution is 5.71. The quantitative estimate of drug-likeness (QED) is 0.0261. The molecule has 0 saturated carbocycles. The molecule has 0 radical (unpaired) electrons. The van der Waals surface area contributed by atoms with Gasteiger partial charge in [-0.3, -0.25) is 14.4 Å². The van der Waals surface area contributed by atoms with E-state index in [4.69, 9.17) is 14.2 Å². The summed E-state index contributed by atoms with van der Waals surface area (Å²) in [6.07, 6.45) is 75.6. The summed E-state index contributed by atoms with van der Waals surface area (Å²) < 4.78 is 16.9. The molecule has 1 unspecified atom stereocenters. The van der Waals surface area contributed by atoms with E-state index in [9.17, 15) is 14.4 Å². The first-order chi connectivity index (χ1) is 35.5. The van der Waals surface area contributed by atoms with Gasteiger partial charge in [-0.15, -0.1) is 0 Å². The van der Waals surface area contributed by atoms with E-state index in [-0.39, 0.29) is 31.1 Å². The molecule has 0 aromatic rings. The predicted molar refractivity (Wildman–Crippen MR) is 312 cm³/mol. The lowest BCUT2D eigenvalue weighted by molar-refractivity contribution is -0.167. The second-order valence-corrected chi connectivity index (χ2v) is 21.3. The topological polar surface area (TPSA) is 78.9 Å². The van der Waals surface area contributed by atoms with Gasteiger partial charge in [0, 0.05) is 19.3 Å². The van der Waals surface area contributed by atoms with Crippen LogP contribution < -0.4 is 0 Å². The van der Waals surface area contributed by atoms with Crippen molar-refractivity contribution in [3.63, 3.8) is 0 Å². The van der Waals surface area contributed by atoms with Crippen LogP contribution in [-0.2, 0) is 28.6 Å². The molecule has 420 valence electrons. The molecule has 1 atom stereocenters. The van der Waals surface area contributed by atoms with Crippen molar-refractivity contribution in [3.05, 3.63) is 48.6 Å². The van der Waals surface area contributed by atoms with Crippen LogP contribution in [-0.4, -0.2) is 37.2 Å². The van der Waals surface area contributed by atoms with Crippen LogP contribution in [0.2, 0.25) is 0 Å². The molecule has 6 heteroatoms. The number of unbranched alkanes of at least 4 members (excludes halogenated alkanes) is 39. The SMILES string of the molecule is CCC/C=C\C/C=C\CCCCCCCC(=O)OC(COC(=O)CCCCCCCCCCCCCC)COC(=O)CCCCCCCCCCCCCCCCCCC/C=C\C/C=C\CCCCCCC. The van der Waals surface area contributed by atoms with Gasteiger partial charge in [0.1, 0.15) is 13.2 Å². The molecular formula is C66H120O6. The minimum Gasteiger partial charge on any atom is -0.462 e. The molecule has 0 saturated heterocycles. The van der Waals surface area contributed by atoms with Crippen LogP contribution in [0.25, 0.3) is 0 Å². The Morgan fingerprint density at radius 3 is 0.819 bits per heavy atom. The van der Waals surface area contributed by atoms with Crippen LogP contribution in [0.3, 0.4) is 0 Å². The van der Waals surface area contributed by atoms with Crippen molar-refractivity contribution in [1.82, 2.24) is 0 Å². The third kappa shape index (κ3) is 58.3. The number of allylic oxidation sites excluding steroid dienone is 8. The Kier molecular flexibility index (Phi) is 58.7. The Morgan fingerprint density at radius 2 is 0.528 bits per heavy atom. The van der Waals surface area contributed by atoms with E-state index in [0.717, 1.165) is 96.3 Å². The van der Waals surface area contributed by atoms with Crippen molar-refractivity contribution in [2.45, 2.75) is 341 Å². The van der Waals surface area contributed by atoms with Crippen molar-refractivity contribution in [2.24, 2.45) is 0 Å². The van der Waals surface area contributed by atoms with Crippen LogP contribution >= 0.6 is 0 Å². The lowest BCUT2D eigenvalue weighted by Crippen LogP contribution is -2.30. The number of ether oxygens (including phenoxy) is 3. The van der Waals surface area contributed by atoms with Gasteiger partial charge in [0.25, 0.3) is 0 Å². The molecule has 0 N–H and O–H groups in total. The maximum atomic E-state index is 12.8. The number of rotatable bonds is 58. The highest BCUT2D eigenvalue weighted by Gasteiger charge is 2.19. The molecule has 0 heterocycles. The van der Waals surface area contributed by atoms with E-state index in [1.54, 1.807) is 0 Å². The van der Waals surface area contributed by atoms with Crippen molar-refractivity contribution in [2.75, 3.05) is 13.2 Å². The van der Waals surface area contributed by atoms with Gasteiger partial charge in [0.2, 0.25) is 0 Å². The highest BCUT2D eigenvalue weighted by Crippen LogP contribution is 2.17. The fourth-order valence-electron chi connectivity index (χ4n) is 9.28. The predicted octanol–water partition coefficient (Wildman–Crippen LogP) is 21.4. The van der Waals surface area contributed by atoms with Gasteiger partial charge < -0.3 is 14.2 Å². The second-order valence-electron chi connectivity index (χ2n) is 21.3. The van der Waals surface area contributed by atoms with Crippen molar-refractivity contribution >= 4 is 17.9 Å². The van der Waals surface area contributed by atoms with E-state index in [2.05, 4.69) is 69.4 Å². The average molecular weight is 1010 g/mol. The summed E-state index contributed by atoms with van der Waals surface area (Å²) >= 11 is 0. The zero-order valence-electron chi connectivity index (χ0n) is 48.2. The summed E-state index contributed by atoms with van der Waals surface area (Å²) in [5.74, 6) is -0.872. The minimum absolute atomic E-state index is 0.0746. The van der Waals surface area contributed by atoms with Gasteiger partial charge in [0.15, 0.2) is 6.10 Å². The lowest BCUT2D eigenvalue weighted by Gasteiger charge is -2.18. The largest absolute Gasteiger partial charge is 0.462 e. The summed E-state index contributed by atoms with van der Waals surface area (Å²) in [5.41, 5.74) is 0. The molecule has 0 aromatic carbocycles. The van der Waals surface area contributed by atoms with E-state index in [1.165, 1.54) is 199 Å². The van der Waals surface area contributed by atoms with Crippen LogP contribution in [0.5, 0.6) is 0 Å². The van der Waals surface area contributed by atoms with E-state index >= 15 is 0 Å². The van der Waals surface area contributed by atoms with Crippen molar-refractivity contribution in [1.29, 1.82) is 0 Å². The molecule has 0 aliphatic rings. The molecular weight excluding hydrogens is 889 g/mol. The van der Waals surface area contributed by atoms with Crippen LogP contribution in [0.1, 0.15) is 335 Å². The molecule has 0 amide bonds. The van der Waals surface area contributed by atoms with Crippen molar-refractivity contribution < 1.29 is 28.6 Å². The van der Waals surface area contributed by atoms with E-state index in [0.29, 0.717) is 19.3 Å². The van der Waals surface area contributed by atoms with Gasteiger partial charge in [-0.25, -0.2) is 0 Å². The average Bonchev–Trinajstić information content (AvgIpc) is 3.38. The zero-order valence-corrected chi connectivity index (χ0v) is 48.2. The molecule has 0 fully saturated rings. The van der Waals surface area contributed by atoms with Gasteiger partial charge in [0.05, 0.1) is 0 Å². The first-order valence-electron chi connectivity index (χ1n) is 31.6. The molecule has 72 heavy (non-hydrogen) atoms. The smallest absolute Gasteiger partial charge is 0.306 e. The summed E-state index contributed by atoms with van der Waals surface area (Å²) in [4.78, 5) is 38.2. The van der Waals surface area contributed by atoms with Gasteiger partial charge >= 0.3 is 17.9 Å². The number of esters is 3. The van der Waals surface area contributed by atoms with Crippen LogP contribution in [0.4, 0.5) is 0 Å². The Morgan fingerprint density at radius 1 is 0.278 bits per heavy atom. The molecule has 0 aromatic heterocycles. The molecule has 6 nitrogen and oxygen atoms in total. The van der Waals surface area contributed by atoms with Gasteiger partial charge in [-0.05, 0) is 77.0 Å². The molecule has 0 rings (SSSR count). The zero-order chi connectivity index (χ0) is 52.2. The van der Waals surface area contributed by atoms with Gasteiger partial charge in [-0.2, -0.15) is 0 Å². The summed E-state index contributed by atoms with van der Waals surface area (Å²) in [5, 5.41) is 0. The Balaban J connectivity index is 4.13. The Labute approximate surface area is 448 Å². The molecule has 0 spiro atoms. The maximum Gasteiger partial charge on any atom is 0.306 e. The Bertz CT molecular complexity index is 1250. The summed E-state index contributed by atoms with van der Waals surface area (Å²) in [7, 11) is 0. The van der Waals surface area contributed by atoms with Gasteiger partial charge in [-0.1, -0.05) is 288 Å². The van der Waals surface area contributed by atoms with Crippen molar-refractivity contribution in [3.8, 4) is 0 Å². The summed E-state index contributed by atoms with van der Waals surface area (Å²) in [6, 6.07) is 0. The van der Waals surface area contributed by atoms with E-state index < -0.39 is 6.10 Å². The van der Waals surface area contributed by atoms with Crippen LogP contribution in [0, 0.1) is 0 Å². The lowest BCUT2D eigenvalue weighted by atomic mass is 10.0. The normalized spacial score (nSPS) is 12.3. The second kappa shape index (κ2) is 60.9. The molecule has 0 aliphatic carbocycles. The third-order valence-corrected chi connectivity index (χ3v) is 14.0. The number of carbonyl (C=O) groups excluding carboxylic acids is 3. The Hall–Kier alpha value is -2.63.